The molecule has 0 aliphatic heterocycles. The zero-order valence-corrected chi connectivity index (χ0v) is 14.1. The molecular formula is C18H31NO2. The maximum Gasteiger partial charge on any atom is 0.119 e. The first-order valence-electron chi connectivity index (χ1n) is 7.91. The van der Waals surface area contributed by atoms with Crippen LogP contribution in [0.4, 0.5) is 0 Å². The molecule has 0 saturated carbocycles. The van der Waals surface area contributed by atoms with Crippen LogP contribution in [0.2, 0.25) is 0 Å². The Balaban J connectivity index is 2.49. The molecule has 0 aromatic heterocycles. The van der Waals surface area contributed by atoms with Crippen molar-refractivity contribution in [2.45, 2.75) is 47.1 Å². The Morgan fingerprint density at radius 1 is 1.14 bits per heavy atom. The van der Waals surface area contributed by atoms with Gasteiger partial charge < -0.3 is 15.2 Å². The third-order valence-corrected chi connectivity index (χ3v) is 3.64. The number of hydrogen-bond donors (Lipinski definition) is 2. The second kappa shape index (κ2) is 8.40. The van der Waals surface area contributed by atoms with Gasteiger partial charge in [0.2, 0.25) is 0 Å². The van der Waals surface area contributed by atoms with Gasteiger partial charge in [-0.1, -0.05) is 39.8 Å². The minimum absolute atomic E-state index is 0.114. The monoisotopic (exact) mass is 293 g/mol. The van der Waals surface area contributed by atoms with Crippen LogP contribution in [0.1, 0.15) is 52.6 Å². The van der Waals surface area contributed by atoms with Crippen LogP contribution >= 0.6 is 0 Å². The van der Waals surface area contributed by atoms with Crippen molar-refractivity contribution < 1.29 is 9.84 Å². The molecule has 2 N–H and O–H groups in total. The number of ether oxygens (including phenoxy) is 1. The third kappa shape index (κ3) is 6.96. The smallest absolute Gasteiger partial charge is 0.119 e. The number of aliphatic hydroxyl groups is 1. The van der Waals surface area contributed by atoms with Gasteiger partial charge in [0.15, 0.2) is 0 Å². The average molecular weight is 293 g/mol. The molecule has 0 spiro atoms. The third-order valence-electron chi connectivity index (χ3n) is 3.64. The van der Waals surface area contributed by atoms with Gasteiger partial charge in [-0.15, -0.1) is 0 Å². The Morgan fingerprint density at radius 3 is 2.29 bits per heavy atom. The molecule has 1 rings (SSSR count). The fraction of sp³-hybridized carbons (Fsp3) is 0.667. The van der Waals surface area contributed by atoms with Gasteiger partial charge in [0, 0.05) is 19.2 Å². The van der Waals surface area contributed by atoms with Crippen LogP contribution < -0.4 is 10.1 Å². The molecule has 0 bridgehead atoms. The zero-order chi connectivity index (χ0) is 15.9. The molecule has 0 amide bonds. The van der Waals surface area contributed by atoms with E-state index < -0.39 is 0 Å². The van der Waals surface area contributed by atoms with Crippen molar-refractivity contribution in [3.05, 3.63) is 29.8 Å². The van der Waals surface area contributed by atoms with Gasteiger partial charge in [-0.3, -0.25) is 0 Å². The molecule has 0 heterocycles. The van der Waals surface area contributed by atoms with E-state index in [0.29, 0.717) is 12.0 Å². The Bertz CT molecular complexity index is 398. The maximum atomic E-state index is 9.06. The molecule has 3 heteroatoms. The van der Waals surface area contributed by atoms with Crippen LogP contribution in [0.15, 0.2) is 24.3 Å². The SMILES string of the molecule is CC(C)COc1ccc(C(C)NCC(C)(C)CCO)cc1. The normalized spacial score (nSPS) is 13.5. The molecule has 0 aliphatic rings. The van der Waals surface area contributed by atoms with Crippen molar-refractivity contribution in [3.63, 3.8) is 0 Å². The van der Waals surface area contributed by atoms with E-state index in [2.05, 4.69) is 52.1 Å². The summed E-state index contributed by atoms with van der Waals surface area (Å²) in [6.07, 6.45) is 0.814. The van der Waals surface area contributed by atoms with E-state index in [-0.39, 0.29) is 12.0 Å². The second-order valence-electron chi connectivity index (χ2n) is 7.01. The first kappa shape index (κ1) is 18.0. The van der Waals surface area contributed by atoms with E-state index in [9.17, 15) is 0 Å². The Hall–Kier alpha value is -1.06. The molecule has 120 valence electrons. The molecule has 1 atom stereocenters. The van der Waals surface area contributed by atoms with Crippen molar-refractivity contribution in [1.82, 2.24) is 5.32 Å². The fourth-order valence-corrected chi connectivity index (χ4v) is 2.05. The summed E-state index contributed by atoms with van der Waals surface area (Å²) in [5, 5.41) is 12.6. The largest absolute Gasteiger partial charge is 0.493 e. The maximum absolute atomic E-state index is 9.06. The van der Waals surface area contributed by atoms with Crippen LogP contribution in [-0.2, 0) is 0 Å². The number of aliphatic hydroxyl groups excluding tert-OH is 1. The average Bonchev–Trinajstić information content (AvgIpc) is 2.43. The number of nitrogens with one attached hydrogen (secondary N) is 1. The minimum Gasteiger partial charge on any atom is -0.493 e. The molecule has 1 aromatic carbocycles. The quantitative estimate of drug-likeness (QED) is 0.728. The van der Waals surface area contributed by atoms with Crippen LogP contribution in [0.25, 0.3) is 0 Å². The fourth-order valence-electron chi connectivity index (χ4n) is 2.05. The van der Waals surface area contributed by atoms with E-state index in [1.54, 1.807) is 0 Å². The van der Waals surface area contributed by atoms with E-state index in [4.69, 9.17) is 9.84 Å². The zero-order valence-electron chi connectivity index (χ0n) is 14.1. The van der Waals surface area contributed by atoms with Gasteiger partial charge in [0.25, 0.3) is 0 Å². The highest BCUT2D eigenvalue weighted by Crippen LogP contribution is 2.22. The van der Waals surface area contributed by atoms with Gasteiger partial charge in [-0.25, -0.2) is 0 Å². The Morgan fingerprint density at radius 2 is 1.76 bits per heavy atom. The van der Waals surface area contributed by atoms with E-state index in [1.807, 2.05) is 12.1 Å². The number of benzene rings is 1. The van der Waals surface area contributed by atoms with Crippen molar-refractivity contribution in [2.75, 3.05) is 19.8 Å². The highest BCUT2D eigenvalue weighted by molar-refractivity contribution is 5.29. The molecule has 0 saturated heterocycles. The van der Waals surface area contributed by atoms with Crippen LogP contribution in [0, 0.1) is 11.3 Å². The van der Waals surface area contributed by atoms with E-state index >= 15 is 0 Å². The first-order chi connectivity index (χ1) is 9.84. The predicted molar refractivity (Wildman–Crippen MR) is 88.7 cm³/mol. The predicted octanol–water partition coefficient (Wildman–Crippen LogP) is 3.78. The summed E-state index contributed by atoms with van der Waals surface area (Å²) < 4.78 is 5.70. The topological polar surface area (TPSA) is 41.5 Å². The lowest BCUT2D eigenvalue weighted by Crippen LogP contribution is -2.32. The van der Waals surface area contributed by atoms with Gasteiger partial charge in [0.05, 0.1) is 6.61 Å². The molecule has 0 aliphatic carbocycles. The Kier molecular flexibility index (Phi) is 7.20. The first-order valence-corrected chi connectivity index (χ1v) is 7.91. The number of hydrogen-bond acceptors (Lipinski definition) is 3. The lowest BCUT2D eigenvalue weighted by Gasteiger charge is -2.26. The Labute approximate surface area is 129 Å². The van der Waals surface area contributed by atoms with Gasteiger partial charge >= 0.3 is 0 Å². The molecular weight excluding hydrogens is 262 g/mol. The summed E-state index contributed by atoms with van der Waals surface area (Å²) in [7, 11) is 0. The molecule has 0 radical (unpaired) electrons. The minimum atomic E-state index is 0.114. The summed E-state index contributed by atoms with van der Waals surface area (Å²) >= 11 is 0. The summed E-state index contributed by atoms with van der Waals surface area (Å²) in [6, 6.07) is 8.60. The summed E-state index contributed by atoms with van der Waals surface area (Å²) in [5.41, 5.74) is 1.37. The summed E-state index contributed by atoms with van der Waals surface area (Å²) in [5.74, 6) is 1.47. The van der Waals surface area contributed by atoms with Crippen LogP contribution in [0.5, 0.6) is 5.75 Å². The molecule has 3 nitrogen and oxygen atoms in total. The van der Waals surface area contributed by atoms with Gasteiger partial charge in [-0.2, -0.15) is 0 Å². The standard InChI is InChI=1S/C18H31NO2/c1-14(2)12-21-17-8-6-16(7-9-17)15(3)19-13-18(4,5)10-11-20/h6-9,14-15,19-20H,10-13H2,1-5H3. The molecule has 0 fully saturated rings. The second-order valence-corrected chi connectivity index (χ2v) is 7.01. The number of rotatable bonds is 9. The van der Waals surface area contributed by atoms with E-state index in [1.165, 1.54) is 5.56 Å². The van der Waals surface area contributed by atoms with Crippen molar-refractivity contribution >= 4 is 0 Å². The highest BCUT2D eigenvalue weighted by Gasteiger charge is 2.18. The summed E-state index contributed by atoms with van der Waals surface area (Å²) in [4.78, 5) is 0. The highest BCUT2D eigenvalue weighted by atomic mass is 16.5. The van der Waals surface area contributed by atoms with Crippen molar-refractivity contribution in [1.29, 1.82) is 0 Å². The summed E-state index contributed by atoms with van der Waals surface area (Å²) in [6.45, 7) is 12.7. The van der Waals surface area contributed by atoms with Crippen molar-refractivity contribution in [3.8, 4) is 5.75 Å². The van der Waals surface area contributed by atoms with Crippen LogP contribution in [-0.4, -0.2) is 24.9 Å². The molecule has 21 heavy (non-hydrogen) atoms. The van der Waals surface area contributed by atoms with Crippen molar-refractivity contribution in [2.24, 2.45) is 11.3 Å². The molecule has 1 unspecified atom stereocenters. The lowest BCUT2D eigenvalue weighted by atomic mass is 9.89. The van der Waals surface area contributed by atoms with E-state index in [0.717, 1.165) is 25.3 Å². The van der Waals surface area contributed by atoms with Crippen LogP contribution in [0.3, 0.4) is 0 Å². The molecule has 1 aromatic rings. The van der Waals surface area contributed by atoms with Gasteiger partial charge in [-0.05, 0) is 42.4 Å². The lowest BCUT2D eigenvalue weighted by molar-refractivity contribution is 0.203. The van der Waals surface area contributed by atoms with Gasteiger partial charge in [0.1, 0.15) is 5.75 Å².